The molecule has 0 atom stereocenters. The second kappa shape index (κ2) is 9.96. The van der Waals surface area contributed by atoms with Crippen LogP contribution in [0.3, 0.4) is 0 Å². The van der Waals surface area contributed by atoms with Gasteiger partial charge in [0.2, 0.25) is 0 Å². The second-order valence-corrected chi connectivity index (χ2v) is 9.13. The summed E-state index contributed by atoms with van der Waals surface area (Å²) >= 11 is 3.54. The normalized spacial score (nSPS) is 14.7. The van der Waals surface area contributed by atoms with Crippen LogP contribution < -0.4 is 9.64 Å². The molecule has 0 fully saturated rings. The van der Waals surface area contributed by atoms with Crippen molar-refractivity contribution in [2.45, 2.75) is 27.7 Å². The molecule has 180 valence electrons. The Balaban J connectivity index is 1.83. The SMILES string of the molecule is CCOC(=O)C1=C(C)N(c2ccc(OC)cc2)C(=O)/C1=C\c1cc(C)n(-c2cccc(Br)c2)c1C. The maximum Gasteiger partial charge on any atom is 0.340 e. The molecule has 0 saturated carbocycles. The summed E-state index contributed by atoms with van der Waals surface area (Å²) in [7, 11) is 1.59. The predicted octanol–water partition coefficient (Wildman–Crippen LogP) is 6.13. The number of aryl methyl sites for hydroxylation is 1. The highest BCUT2D eigenvalue weighted by Gasteiger charge is 2.38. The molecule has 0 radical (unpaired) electrons. The lowest BCUT2D eigenvalue weighted by Gasteiger charge is -2.18. The minimum absolute atomic E-state index is 0.219. The van der Waals surface area contributed by atoms with Crippen LogP contribution in [0, 0.1) is 13.8 Å². The lowest BCUT2D eigenvalue weighted by molar-refractivity contribution is -0.138. The molecule has 0 spiro atoms. The molecular weight excluding hydrogens is 508 g/mol. The Kier molecular flexibility index (Phi) is 6.98. The maximum absolute atomic E-state index is 13.7. The average molecular weight is 535 g/mol. The van der Waals surface area contributed by atoms with Crippen LogP contribution >= 0.6 is 15.9 Å². The van der Waals surface area contributed by atoms with Crippen LogP contribution in [0.5, 0.6) is 5.75 Å². The number of nitrogens with zero attached hydrogens (tertiary/aromatic N) is 2. The van der Waals surface area contributed by atoms with Gasteiger partial charge in [0, 0.05) is 32.9 Å². The minimum atomic E-state index is -0.513. The van der Waals surface area contributed by atoms with Gasteiger partial charge in [0.15, 0.2) is 0 Å². The van der Waals surface area contributed by atoms with Crippen molar-refractivity contribution in [3.05, 3.63) is 92.9 Å². The van der Waals surface area contributed by atoms with Crippen LogP contribution in [0.2, 0.25) is 0 Å². The second-order valence-electron chi connectivity index (χ2n) is 8.22. The number of ether oxygens (including phenoxy) is 2. The molecule has 6 nitrogen and oxygen atoms in total. The quantitative estimate of drug-likeness (QED) is 0.281. The largest absolute Gasteiger partial charge is 0.497 e. The molecule has 1 aliphatic rings. The van der Waals surface area contributed by atoms with Crippen molar-refractivity contribution in [3.63, 3.8) is 0 Å². The van der Waals surface area contributed by atoms with E-state index in [1.807, 2.05) is 44.2 Å². The number of hydrogen-bond acceptors (Lipinski definition) is 4. The van der Waals surface area contributed by atoms with Gasteiger partial charge in [0.1, 0.15) is 5.75 Å². The summed E-state index contributed by atoms with van der Waals surface area (Å²) in [5.41, 5.74) is 5.62. The van der Waals surface area contributed by atoms with E-state index < -0.39 is 5.97 Å². The number of carbonyl (C=O) groups is 2. The summed E-state index contributed by atoms with van der Waals surface area (Å²) < 4.78 is 13.7. The number of anilines is 1. The molecule has 1 amide bonds. The summed E-state index contributed by atoms with van der Waals surface area (Å²) in [5.74, 6) is -0.104. The Hall–Kier alpha value is -3.58. The highest BCUT2D eigenvalue weighted by molar-refractivity contribution is 9.10. The molecule has 1 aromatic heterocycles. The summed E-state index contributed by atoms with van der Waals surface area (Å²) in [4.78, 5) is 28.2. The van der Waals surface area contributed by atoms with Gasteiger partial charge in [0.05, 0.1) is 24.9 Å². The smallest absolute Gasteiger partial charge is 0.340 e. The van der Waals surface area contributed by atoms with Crippen molar-refractivity contribution in [2.75, 3.05) is 18.6 Å². The van der Waals surface area contributed by atoms with Gasteiger partial charge in [-0.25, -0.2) is 4.79 Å². The van der Waals surface area contributed by atoms with E-state index in [9.17, 15) is 9.59 Å². The number of methoxy groups -OCH3 is 1. The topological polar surface area (TPSA) is 60.8 Å². The van der Waals surface area contributed by atoms with Crippen molar-refractivity contribution in [3.8, 4) is 11.4 Å². The van der Waals surface area contributed by atoms with Crippen LogP contribution in [-0.4, -0.2) is 30.2 Å². The monoisotopic (exact) mass is 534 g/mol. The first kappa shape index (κ1) is 24.5. The Labute approximate surface area is 213 Å². The Morgan fingerprint density at radius 1 is 1.03 bits per heavy atom. The molecule has 0 unspecified atom stereocenters. The lowest BCUT2D eigenvalue weighted by Crippen LogP contribution is -2.24. The van der Waals surface area contributed by atoms with Gasteiger partial charge in [0.25, 0.3) is 5.91 Å². The van der Waals surface area contributed by atoms with Crippen molar-refractivity contribution < 1.29 is 19.1 Å². The number of amides is 1. The van der Waals surface area contributed by atoms with Gasteiger partial charge in [-0.2, -0.15) is 0 Å². The van der Waals surface area contributed by atoms with E-state index in [0.29, 0.717) is 22.7 Å². The fourth-order valence-corrected chi connectivity index (χ4v) is 4.81. The third-order valence-electron chi connectivity index (χ3n) is 6.05. The van der Waals surface area contributed by atoms with Crippen molar-refractivity contribution in [2.24, 2.45) is 0 Å². The van der Waals surface area contributed by atoms with Crippen molar-refractivity contribution in [1.82, 2.24) is 4.57 Å². The highest BCUT2D eigenvalue weighted by Crippen LogP contribution is 2.37. The molecule has 0 saturated heterocycles. The standard InChI is InChI=1S/C28H27BrN2O4/c1-6-35-28(33)26-19(4)31(22-10-12-24(34-5)13-11-22)27(32)25(26)15-20-14-17(2)30(18(20)3)23-9-7-8-21(29)16-23/h7-16H,6H2,1-5H3/b25-15-. The molecule has 0 bridgehead atoms. The van der Waals surface area contributed by atoms with Crippen LogP contribution in [0.1, 0.15) is 30.8 Å². The first-order valence-corrected chi connectivity index (χ1v) is 12.1. The highest BCUT2D eigenvalue weighted by atomic mass is 79.9. The molecule has 4 rings (SSSR count). The fraction of sp³-hybridized carbons (Fsp3) is 0.214. The third-order valence-corrected chi connectivity index (χ3v) is 6.54. The zero-order valence-corrected chi connectivity index (χ0v) is 22.0. The average Bonchev–Trinajstić information content (AvgIpc) is 3.25. The zero-order chi connectivity index (χ0) is 25.3. The zero-order valence-electron chi connectivity index (χ0n) is 20.4. The van der Waals surface area contributed by atoms with Gasteiger partial charge >= 0.3 is 5.97 Å². The Bertz CT molecular complexity index is 1370. The number of rotatable bonds is 6. The molecule has 2 aromatic carbocycles. The number of carbonyl (C=O) groups excluding carboxylic acids is 2. The van der Waals surface area contributed by atoms with E-state index in [0.717, 1.165) is 27.1 Å². The van der Waals surface area contributed by atoms with E-state index in [-0.39, 0.29) is 18.1 Å². The number of benzene rings is 2. The summed E-state index contributed by atoms with van der Waals surface area (Å²) in [6.07, 6.45) is 1.79. The molecule has 3 aromatic rings. The summed E-state index contributed by atoms with van der Waals surface area (Å²) in [6, 6.07) is 17.2. The van der Waals surface area contributed by atoms with E-state index in [4.69, 9.17) is 9.47 Å². The van der Waals surface area contributed by atoms with Gasteiger partial charge in [-0.1, -0.05) is 22.0 Å². The number of halogens is 1. The van der Waals surface area contributed by atoms with Crippen molar-refractivity contribution >= 4 is 39.6 Å². The first-order valence-electron chi connectivity index (χ1n) is 11.3. The third kappa shape index (κ3) is 4.56. The van der Waals surface area contributed by atoms with Crippen LogP contribution in [0.25, 0.3) is 11.8 Å². The molecule has 35 heavy (non-hydrogen) atoms. The van der Waals surface area contributed by atoms with Crippen LogP contribution in [-0.2, 0) is 14.3 Å². The van der Waals surface area contributed by atoms with Gasteiger partial charge in [-0.3, -0.25) is 9.69 Å². The number of hydrogen-bond donors (Lipinski definition) is 0. The molecule has 0 N–H and O–H groups in total. The van der Waals surface area contributed by atoms with E-state index in [2.05, 4.69) is 20.5 Å². The fourth-order valence-electron chi connectivity index (χ4n) is 4.43. The van der Waals surface area contributed by atoms with Crippen LogP contribution in [0.15, 0.2) is 75.9 Å². The number of allylic oxidation sites excluding steroid dienone is 1. The molecule has 7 heteroatoms. The van der Waals surface area contributed by atoms with E-state index in [1.165, 1.54) is 0 Å². The van der Waals surface area contributed by atoms with E-state index in [1.54, 1.807) is 56.2 Å². The molecule has 1 aliphatic heterocycles. The Morgan fingerprint density at radius 3 is 2.37 bits per heavy atom. The number of aromatic nitrogens is 1. The molecule has 2 heterocycles. The van der Waals surface area contributed by atoms with E-state index >= 15 is 0 Å². The predicted molar refractivity (Wildman–Crippen MR) is 141 cm³/mol. The first-order chi connectivity index (χ1) is 16.8. The lowest BCUT2D eigenvalue weighted by atomic mass is 10.0. The number of esters is 1. The summed E-state index contributed by atoms with van der Waals surface area (Å²) in [6.45, 7) is 7.75. The molecular formula is C28H27BrN2O4. The van der Waals surface area contributed by atoms with Gasteiger partial charge < -0.3 is 14.0 Å². The van der Waals surface area contributed by atoms with Gasteiger partial charge in [-0.15, -0.1) is 0 Å². The van der Waals surface area contributed by atoms with Gasteiger partial charge in [-0.05, 0) is 87.9 Å². The van der Waals surface area contributed by atoms with Crippen LogP contribution in [0.4, 0.5) is 5.69 Å². The molecule has 0 aliphatic carbocycles. The minimum Gasteiger partial charge on any atom is -0.497 e. The Morgan fingerprint density at radius 2 is 1.74 bits per heavy atom. The maximum atomic E-state index is 13.7. The summed E-state index contributed by atoms with van der Waals surface area (Å²) in [5, 5.41) is 0. The van der Waals surface area contributed by atoms with Crippen molar-refractivity contribution in [1.29, 1.82) is 0 Å².